The highest BCUT2D eigenvalue weighted by atomic mass is 31.2. The average molecular weight is 616 g/mol. The molecule has 12 heteroatoms. The predicted octanol–water partition coefficient (Wildman–Crippen LogP) is 6.07. The number of nitrogens with one attached hydrogen (secondary N) is 2. The van der Waals surface area contributed by atoms with E-state index in [9.17, 15) is 9.36 Å². The summed E-state index contributed by atoms with van der Waals surface area (Å²) < 4.78 is 51.0. The van der Waals surface area contributed by atoms with Gasteiger partial charge in [-0.3, -0.25) is 9.32 Å². The highest BCUT2D eigenvalue weighted by molar-refractivity contribution is 7.52. The van der Waals surface area contributed by atoms with Crippen molar-refractivity contribution in [1.29, 1.82) is 0 Å². The number of carbonyl (C=O) groups is 1. The second-order valence-electron chi connectivity index (χ2n) is 11.9. The van der Waals surface area contributed by atoms with Crippen molar-refractivity contribution in [3.05, 3.63) is 60.4 Å². The van der Waals surface area contributed by atoms with Crippen LogP contribution in [0.5, 0.6) is 5.75 Å². The lowest BCUT2D eigenvalue weighted by Crippen LogP contribution is -2.45. The fourth-order valence-electron chi connectivity index (χ4n) is 5.56. The van der Waals surface area contributed by atoms with Crippen molar-refractivity contribution in [2.75, 3.05) is 13.2 Å². The van der Waals surface area contributed by atoms with Crippen molar-refractivity contribution in [2.24, 2.45) is 5.92 Å². The number of rotatable bonds is 13. The van der Waals surface area contributed by atoms with Crippen LogP contribution >= 0.6 is 7.75 Å². The van der Waals surface area contributed by atoms with Crippen LogP contribution in [0.3, 0.4) is 0 Å². The maximum absolute atomic E-state index is 14.3. The number of aromatic amines is 1. The summed E-state index contributed by atoms with van der Waals surface area (Å²) in [6, 6.07) is 11.5. The van der Waals surface area contributed by atoms with Crippen LogP contribution in [-0.4, -0.2) is 58.8 Å². The second-order valence-corrected chi connectivity index (χ2v) is 13.5. The molecule has 0 spiro atoms. The molecule has 43 heavy (non-hydrogen) atoms. The van der Waals surface area contributed by atoms with Crippen molar-refractivity contribution in [2.45, 2.75) is 90.1 Å². The number of hydrogen-bond donors (Lipinski definition) is 2. The van der Waals surface area contributed by atoms with Gasteiger partial charge < -0.3 is 28.5 Å². The molecule has 5 rings (SSSR count). The smallest absolute Gasteiger partial charge is 0.459 e. The summed E-state index contributed by atoms with van der Waals surface area (Å²) in [6.45, 7) is 11.3. The maximum Gasteiger partial charge on any atom is 0.459 e. The van der Waals surface area contributed by atoms with Crippen molar-refractivity contribution >= 4 is 24.7 Å². The molecule has 2 aliphatic heterocycles. The van der Waals surface area contributed by atoms with Crippen LogP contribution in [0, 0.1) is 5.92 Å². The van der Waals surface area contributed by atoms with Gasteiger partial charge in [0.2, 0.25) is 0 Å². The number of H-pyrrole nitrogens is 1. The van der Waals surface area contributed by atoms with Crippen LogP contribution in [0.2, 0.25) is 0 Å². The number of benzene rings is 1. The lowest BCUT2D eigenvalue weighted by molar-refractivity contribution is -0.211. The molecule has 4 heterocycles. The molecule has 0 saturated carbocycles. The molecule has 2 unspecified atom stereocenters. The van der Waals surface area contributed by atoms with Crippen LogP contribution < -0.4 is 9.61 Å². The van der Waals surface area contributed by atoms with Crippen LogP contribution in [0.1, 0.15) is 66.1 Å². The van der Waals surface area contributed by atoms with Crippen LogP contribution in [0.4, 0.5) is 0 Å². The number of carbonyl (C=O) groups excluding carboxylic acids is 1. The third-order valence-corrected chi connectivity index (χ3v) is 9.66. The summed E-state index contributed by atoms with van der Waals surface area (Å²) in [5, 5.41) is 3.69. The van der Waals surface area contributed by atoms with Crippen molar-refractivity contribution in [3.63, 3.8) is 0 Å². The first-order valence-electron chi connectivity index (χ1n) is 14.8. The van der Waals surface area contributed by atoms with Crippen molar-refractivity contribution in [3.8, 4) is 5.75 Å². The van der Waals surface area contributed by atoms with E-state index in [2.05, 4.69) is 28.9 Å². The Morgan fingerprint density at radius 1 is 1.09 bits per heavy atom. The molecule has 1 aromatic carbocycles. The molecule has 11 nitrogen and oxygen atoms in total. The normalized spacial score (nSPS) is 26.7. The predicted molar refractivity (Wildman–Crippen MR) is 160 cm³/mol. The van der Waals surface area contributed by atoms with E-state index < -0.39 is 49.5 Å². The monoisotopic (exact) mass is 615 g/mol. The van der Waals surface area contributed by atoms with Gasteiger partial charge >= 0.3 is 13.7 Å². The SMILES string of the molecule is CCC(CC)COC(=O)[C@H](C)NP(=O)(OC[C@@]1(C)OC(c2ccnc3[nH]ccc23)[C@@H]2OC(C)(C)O[C@@H]21)Oc1ccccc1. The van der Waals surface area contributed by atoms with Gasteiger partial charge in [0.25, 0.3) is 0 Å². The van der Waals surface area contributed by atoms with Gasteiger partial charge in [0.1, 0.15) is 41.4 Å². The van der Waals surface area contributed by atoms with E-state index in [1.165, 1.54) is 0 Å². The minimum Gasteiger partial charge on any atom is -0.464 e. The molecule has 0 radical (unpaired) electrons. The highest BCUT2D eigenvalue weighted by Gasteiger charge is 2.62. The quantitative estimate of drug-likeness (QED) is 0.172. The molecule has 0 amide bonds. The number of esters is 1. The summed E-state index contributed by atoms with van der Waals surface area (Å²) >= 11 is 0. The molecule has 2 N–H and O–H groups in total. The molecule has 2 fully saturated rings. The summed E-state index contributed by atoms with van der Waals surface area (Å²) in [5.74, 6) is -0.847. The molecule has 2 saturated heterocycles. The first kappa shape index (κ1) is 31.6. The molecule has 2 aromatic heterocycles. The molecule has 3 aromatic rings. The van der Waals surface area contributed by atoms with E-state index in [4.69, 9.17) is 28.0 Å². The zero-order valence-electron chi connectivity index (χ0n) is 25.6. The minimum absolute atomic E-state index is 0.182. The van der Waals surface area contributed by atoms with E-state index in [0.29, 0.717) is 5.75 Å². The third kappa shape index (κ3) is 6.98. The summed E-state index contributed by atoms with van der Waals surface area (Å²) in [6.07, 6.45) is 3.80. The first-order valence-corrected chi connectivity index (χ1v) is 16.4. The molecule has 234 valence electrons. The Morgan fingerprint density at radius 3 is 2.56 bits per heavy atom. The summed E-state index contributed by atoms with van der Waals surface area (Å²) in [5.41, 5.74) is 0.531. The van der Waals surface area contributed by atoms with E-state index in [0.717, 1.165) is 29.4 Å². The van der Waals surface area contributed by atoms with Gasteiger partial charge in [-0.1, -0.05) is 44.9 Å². The Morgan fingerprint density at radius 2 is 1.84 bits per heavy atom. The molecule has 6 atom stereocenters. The zero-order valence-corrected chi connectivity index (χ0v) is 26.5. The Bertz CT molecular complexity index is 1450. The van der Waals surface area contributed by atoms with Crippen LogP contribution in [-0.2, 0) is 32.8 Å². The number of nitrogens with zero attached hydrogens (tertiary/aromatic N) is 1. The van der Waals surface area contributed by atoms with E-state index in [1.807, 2.05) is 45.2 Å². The number of pyridine rings is 1. The third-order valence-electron chi connectivity index (χ3n) is 8.04. The molecular formula is C31H42N3O8P. The van der Waals surface area contributed by atoms with Crippen molar-refractivity contribution < 1.29 is 37.4 Å². The number of hydrogen-bond acceptors (Lipinski definition) is 9. The lowest BCUT2D eigenvalue weighted by atomic mass is 9.95. The van der Waals surface area contributed by atoms with E-state index in [1.54, 1.807) is 37.4 Å². The van der Waals surface area contributed by atoms with Gasteiger partial charge in [-0.15, -0.1) is 0 Å². The van der Waals surface area contributed by atoms with Crippen LogP contribution in [0.15, 0.2) is 54.9 Å². The average Bonchev–Trinajstić information content (AvgIpc) is 3.66. The largest absolute Gasteiger partial charge is 0.464 e. The zero-order chi connectivity index (χ0) is 30.8. The number of ether oxygens (including phenoxy) is 4. The summed E-state index contributed by atoms with van der Waals surface area (Å²) in [7, 11) is -4.14. The first-order chi connectivity index (χ1) is 20.5. The molecule has 0 bridgehead atoms. The Balaban J connectivity index is 1.37. The fourth-order valence-corrected chi connectivity index (χ4v) is 7.14. The minimum atomic E-state index is -4.14. The lowest BCUT2D eigenvalue weighted by Gasteiger charge is -2.33. The molecule has 0 aliphatic carbocycles. The van der Waals surface area contributed by atoms with Crippen molar-refractivity contribution in [1.82, 2.24) is 15.1 Å². The molecule has 2 aliphatic rings. The van der Waals surface area contributed by atoms with Crippen LogP contribution in [0.25, 0.3) is 11.0 Å². The number of aromatic nitrogens is 2. The van der Waals surface area contributed by atoms with E-state index >= 15 is 0 Å². The fraction of sp³-hybridized carbons (Fsp3) is 0.548. The summed E-state index contributed by atoms with van der Waals surface area (Å²) in [4.78, 5) is 20.4. The van der Waals surface area contributed by atoms with Gasteiger partial charge in [-0.05, 0) is 63.4 Å². The number of fused-ring (bicyclic) bond motifs is 2. The van der Waals surface area contributed by atoms with Gasteiger partial charge in [0.15, 0.2) is 5.79 Å². The second kappa shape index (κ2) is 12.7. The Labute approximate surface area is 252 Å². The standard InChI is InChI=1S/C31H42N3O8P/c1-7-21(8-2)18-37-29(35)20(3)34-43(36,42-22-12-10-9-11-13-22)38-19-31(6)27-26(39-30(4,5)41-27)25(40-31)23-14-16-32-28-24(23)15-17-33-28/h9-17,20-21,25-27H,7-8,18-19H2,1-6H3,(H,32,33)(H,34,36)/t20-,25?,26-,27-,31+,43?/m0/s1. The Hall–Kier alpha value is -2.79. The van der Waals surface area contributed by atoms with Gasteiger partial charge in [-0.25, -0.2) is 9.55 Å². The topological polar surface area (TPSA) is 130 Å². The Kier molecular flexibility index (Phi) is 9.32. The maximum atomic E-state index is 14.3. The van der Waals surface area contributed by atoms with Gasteiger partial charge in [-0.2, -0.15) is 5.09 Å². The number of para-hydroxylation sites is 1. The highest BCUT2D eigenvalue weighted by Crippen LogP contribution is 2.53. The van der Waals surface area contributed by atoms with Gasteiger partial charge in [0.05, 0.1) is 13.2 Å². The van der Waals surface area contributed by atoms with Gasteiger partial charge in [0, 0.05) is 17.8 Å². The van der Waals surface area contributed by atoms with E-state index in [-0.39, 0.29) is 19.1 Å². The molecular weight excluding hydrogens is 573 g/mol.